The Morgan fingerprint density at radius 1 is 1.75 bits per heavy atom. The molecule has 0 saturated carbocycles. The van der Waals surface area contributed by atoms with E-state index in [0.717, 1.165) is 0 Å². The van der Waals surface area contributed by atoms with Gasteiger partial charge in [-0.3, -0.25) is 9.00 Å². The molecule has 90 valence electrons. The maximum Gasteiger partial charge on any atom is 0.226 e. The highest BCUT2D eigenvalue weighted by Gasteiger charge is 2.10. The van der Waals surface area contributed by atoms with Gasteiger partial charge in [-0.2, -0.15) is 0 Å². The van der Waals surface area contributed by atoms with Crippen LogP contribution < -0.4 is 11.1 Å². The van der Waals surface area contributed by atoms with Gasteiger partial charge < -0.3 is 11.1 Å². The van der Waals surface area contributed by atoms with Crippen molar-refractivity contribution in [1.82, 2.24) is 10.3 Å². The molecule has 0 aromatic carbocycles. The van der Waals surface area contributed by atoms with Crippen LogP contribution in [0.5, 0.6) is 0 Å². The lowest BCUT2D eigenvalue weighted by Crippen LogP contribution is -2.37. The SMILES string of the molecule is CC(CS(C)=O)NC(=O)Cc1csc(N)n1. The molecule has 2 atom stereocenters. The minimum Gasteiger partial charge on any atom is -0.375 e. The molecule has 1 aromatic rings. The monoisotopic (exact) mass is 261 g/mol. The fraction of sp³-hybridized carbons (Fsp3) is 0.556. The molecule has 7 heteroatoms. The van der Waals surface area contributed by atoms with Crippen LogP contribution in [0.25, 0.3) is 0 Å². The van der Waals surface area contributed by atoms with Gasteiger partial charge in [0.1, 0.15) is 0 Å². The van der Waals surface area contributed by atoms with Gasteiger partial charge in [-0.1, -0.05) is 0 Å². The van der Waals surface area contributed by atoms with Crippen LogP contribution in [0.4, 0.5) is 5.13 Å². The Balaban J connectivity index is 2.38. The number of hydrogen-bond donors (Lipinski definition) is 2. The van der Waals surface area contributed by atoms with Gasteiger partial charge in [0.05, 0.1) is 12.1 Å². The van der Waals surface area contributed by atoms with Gasteiger partial charge in [0.25, 0.3) is 0 Å². The Morgan fingerprint density at radius 2 is 2.44 bits per heavy atom. The Hall–Kier alpha value is -0.950. The number of thiazole rings is 1. The molecule has 16 heavy (non-hydrogen) atoms. The zero-order valence-corrected chi connectivity index (χ0v) is 10.9. The van der Waals surface area contributed by atoms with Crippen molar-refractivity contribution >= 4 is 33.2 Å². The van der Waals surface area contributed by atoms with Gasteiger partial charge in [0.2, 0.25) is 5.91 Å². The van der Waals surface area contributed by atoms with E-state index in [9.17, 15) is 9.00 Å². The van der Waals surface area contributed by atoms with E-state index in [0.29, 0.717) is 16.6 Å². The molecule has 0 fully saturated rings. The van der Waals surface area contributed by atoms with Crippen molar-refractivity contribution in [1.29, 1.82) is 0 Å². The maximum atomic E-state index is 11.5. The molecule has 3 N–H and O–H groups in total. The summed E-state index contributed by atoms with van der Waals surface area (Å²) in [6.45, 7) is 1.83. The number of hydrogen-bond acceptors (Lipinski definition) is 5. The molecular weight excluding hydrogens is 246 g/mol. The van der Waals surface area contributed by atoms with Crippen molar-refractivity contribution in [3.8, 4) is 0 Å². The van der Waals surface area contributed by atoms with Gasteiger partial charge in [0.15, 0.2) is 5.13 Å². The summed E-state index contributed by atoms with van der Waals surface area (Å²) in [6, 6.07) is -0.0886. The number of nitrogens with one attached hydrogen (secondary N) is 1. The first-order valence-electron chi connectivity index (χ1n) is 4.76. The summed E-state index contributed by atoms with van der Waals surface area (Å²) in [5.41, 5.74) is 6.13. The quantitative estimate of drug-likeness (QED) is 0.790. The van der Waals surface area contributed by atoms with Crippen LogP contribution >= 0.6 is 11.3 Å². The van der Waals surface area contributed by atoms with Crippen molar-refractivity contribution in [2.45, 2.75) is 19.4 Å². The largest absolute Gasteiger partial charge is 0.375 e. The van der Waals surface area contributed by atoms with Gasteiger partial charge in [-0.15, -0.1) is 11.3 Å². The fourth-order valence-electron chi connectivity index (χ4n) is 1.29. The molecule has 0 aliphatic heterocycles. The molecule has 0 bridgehead atoms. The summed E-state index contributed by atoms with van der Waals surface area (Å²) in [5.74, 6) is 0.341. The van der Waals surface area contributed by atoms with Gasteiger partial charge in [0, 0.05) is 34.2 Å². The number of nitrogens with zero attached hydrogens (tertiary/aromatic N) is 1. The normalized spacial score (nSPS) is 14.4. The molecule has 1 rings (SSSR count). The number of anilines is 1. The second-order valence-electron chi connectivity index (χ2n) is 3.56. The Morgan fingerprint density at radius 3 is 2.94 bits per heavy atom. The highest BCUT2D eigenvalue weighted by molar-refractivity contribution is 7.84. The molecule has 0 radical (unpaired) electrons. The molecule has 0 aliphatic carbocycles. The van der Waals surface area contributed by atoms with Crippen LogP contribution in [-0.2, 0) is 22.0 Å². The standard InChI is InChI=1S/C9H15N3O2S2/c1-6(5-16(2)14)11-8(13)3-7-4-15-9(10)12-7/h4,6H,3,5H2,1-2H3,(H2,10,12)(H,11,13). The molecule has 0 saturated heterocycles. The first-order chi connectivity index (χ1) is 7.47. The molecule has 1 heterocycles. The Kier molecular flexibility index (Phi) is 4.88. The van der Waals surface area contributed by atoms with Crippen LogP contribution in [0.2, 0.25) is 0 Å². The number of carbonyl (C=O) groups is 1. The summed E-state index contributed by atoms with van der Waals surface area (Å²) in [7, 11) is -0.903. The van der Waals surface area contributed by atoms with Gasteiger partial charge in [-0.05, 0) is 6.92 Å². The van der Waals surface area contributed by atoms with Crippen molar-refractivity contribution in [2.75, 3.05) is 17.7 Å². The third-order valence-electron chi connectivity index (χ3n) is 1.80. The maximum absolute atomic E-state index is 11.5. The number of nitrogens with two attached hydrogens (primary N) is 1. The van der Waals surface area contributed by atoms with Crippen molar-refractivity contribution in [3.05, 3.63) is 11.1 Å². The predicted molar refractivity (Wildman–Crippen MR) is 66.8 cm³/mol. The van der Waals surface area contributed by atoms with E-state index >= 15 is 0 Å². The second kappa shape index (κ2) is 5.95. The molecule has 0 spiro atoms. The average Bonchev–Trinajstić information content (AvgIpc) is 2.48. The van der Waals surface area contributed by atoms with Crippen LogP contribution in [-0.4, -0.2) is 33.2 Å². The molecule has 1 amide bonds. The van der Waals surface area contributed by atoms with Crippen LogP contribution in [0.3, 0.4) is 0 Å². The van der Waals surface area contributed by atoms with E-state index in [-0.39, 0.29) is 18.4 Å². The van der Waals surface area contributed by atoms with E-state index < -0.39 is 10.8 Å². The summed E-state index contributed by atoms with van der Waals surface area (Å²) in [6.07, 6.45) is 1.83. The smallest absolute Gasteiger partial charge is 0.226 e. The van der Waals surface area contributed by atoms with E-state index in [1.54, 1.807) is 11.6 Å². The van der Waals surface area contributed by atoms with Crippen molar-refractivity contribution in [3.63, 3.8) is 0 Å². The van der Waals surface area contributed by atoms with Gasteiger partial charge >= 0.3 is 0 Å². The van der Waals surface area contributed by atoms with Gasteiger partial charge in [-0.25, -0.2) is 4.98 Å². The number of carbonyl (C=O) groups excluding carboxylic acids is 1. The Bertz CT molecular complexity index is 392. The minimum atomic E-state index is -0.903. The topological polar surface area (TPSA) is 85.1 Å². The third kappa shape index (κ3) is 4.71. The minimum absolute atomic E-state index is 0.0886. The zero-order valence-electron chi connectivity index (χ0n) is 9.23. The summed E-state index contributed by atoms with van der Waals surface area (Å²) >= 11 is 1.31. The van der Waals surface area contributed by atoms with E-state index in [2.05, 4.69) is 10.3 Å². The summed E-state index contributed by atoms with van der Waals surface area (Å²) in [4.78, 5) is 15.5. The highest BCUT2D eigenvalue weighted by atomic mass is 32.2. The highest BCUT2D eigenvalue weighted by Crippen LogP contribution is 2.11. The second-order valence-corrected chi connectivity index (χ2v) is 5.93. The third-order valence-corrected chi connectivity index (χ3v) is 3.50. The summed E-state index contributed by atoms with van der Waals surface area (Å²) in [5, 5.41) is 4.99. The Labute approximate surface area is 101 Å². The number of aromatic nitrogens is 1. The summed E-state index contributed by atoms with van der Waals surface area (Å²) < 4.78 is 10.9. The van der Waals surface area contributed by atoms with Crippen molar-refractivity contribution < 1.29 is 9.00 Å². The lowest BCUT2D eigenvalue weighted by atomic mass is 10.3. The number of amides is 1. The van der Waals surface area contributed by atoms with Crippen molar-refractivity contribution in [2.24, 2.45) is 0 Å². The zero-order chi connectivity index (χ0) is 12.1. The fourth-order valence-corrected chi connectivity index (χ4v) is 2.64. The van der Waals surface area contributed by atoms with Crippen LogP contribution in [0.1, 0.15) is 12.6 Å². The average molecular weight is 261 g/mol. The lowest BCUT2D eigenvalue weighted by molar-refractivity contribution is -0.120. The van der Waals surface area contributed by atoms with Crippen LogP contribution in [0.15, 0.2) is 5.38 Å². The molecule has 1 aromatic heterocycles. The van der Waals surface area contributed by atoms with Crippen LogP contribution in [0, 0.1) is 0 Å². The number of nitrogen functional groups attached to an aromatic ring is 1. The van der Waals surface area contributed by atoms with E-state index in [1.807, 2.05) is 6.92 Å². The molecule has 5 nitrogen and oxygen atoms in total. The molecule has 2 unspecified atom stereocenters. The number of rotatable bonds is 5. The molecular formula is C9H15N3O2S2. The predicted octanol–water partition coefficient (Wildman–Crippen LogP) is 0.151. The first-order valence-corrected chi connectivity index (χ1v) is 7.37. The lowest BCUT2D eigenvalue weighted by Gasteiger charge is -2.11. The molecule has 0 aliphatic rings. The van der Waals surface area contributed by atoms with E-state index in [1.165, 1.54) is 11.3 Å². The van der Waals surface area contributed by atoms with E-state index in [4.69, 9.17) is 5.73 Å². The first kappa shape index (κ1) is 13.1.